The molecule has 0 radical (unpaired) electrons. The van der Waals surface area contributed by atoms with Gasteiger partial charge in [-0.2, -0.15) is 0 Å². The van der Waals surface area contributed by atoms with Crippen molar-refractivity contribution in [2.24, 2.45) is 0 Å². The molecule has 1 heterocycles. The van der Waals surface area contributed by atoms with Crippen molar-refractivity contribution in [2.75, 3.05) is 27.2 Å². The monoisotopic (exact) mass is 236 g/mol. The Labute approximate surface area is 97.8 Å². The van der Waals surface area contributed by atoms with Gasteiger partial charge in [0, 0.05) is 12.6 Å². The van der Waals surface area contributed by atoms with Gasteiger partial charge in [0.15, 0.2) is 0 Å². The summed E-state index contributed by atoms with van der Waals surface area (Å²) in [4.78, 5) is 13.5. The Morgan fingerprint density at radius 3 is 2.80 bits per heavy atom. The fourth-order valence-electron chi connectivity index (χ4n) is 1.91. The number of hydrogen-bond donors (Lipinski definition) is 1. The molecule has 1 aliphatic rings. The Hall–Kier alpha value is -0.320. The van der Waals surface area contributed by atoms with E-state index in [2.05, 4.69) is 10.2 Å². The molecule has 0 aromatic rings. The number of nitrogens with zero attached hydrogens (tertiary/aromatic N) is 1. The molecule has 2 unspecified atom stereocenters. The number of methoxy groups -OCH3 is 1. The van der Waals surface area contributed by atoms with E-state index in [9.17, 15) is 4.79 Å². The largest absolute Gasteiger partial charge is 0.468 e. The zero-order chi connectivity index (χ0) is 10.6. The number of esters is 1. The number of rotatable bonds is 3. The van der Waals surface area contributed by atoms with Crippen LogP contribution in [0.1, 0.15) is 19.8 Å². The predicted octanol–water partition coefficient (Wildman–Crippen LogP) is 0.653. The highest BCUT2D eigenvalue weighted by molar-refractivity contribution is 5.85. The number of halogens is 1. The number of piperidine rings is 1. The van der Waals surface area contributed by atoms with Crippen LogP contribution in [-0.4, -0.2) is 50.2 Å². The van der Waals surface area contributed by atoms with Gasteiger partial charge in [0.2, 0.25) is 0 Å². The summed E-state index contributed by atoms with van der Waals surface area (Å²) in [5.74, 6) is -0.137. The first-order valence-corrected chi connectivity index (χ1v) is 5.18. The molecule has 90 valence electrons. The van der Waals surface area contributed by atoms with E-state index >= 15 is 0 Å². The van der Waals surface area contributed by atoms with Crippen LogP contribution >= 0.6 is 12.4 Å². The molecule has 0 saturated carbocycles. The zero-order valence-electron chi connectivity index (χ0n) is 9.66. The van der Waals surface area contributed by atoms with E-state index in [0.29, 0.717) is 6.04 Å². The van der Waals surface area contributed by atoms with Crippen molar-refractivity contribution in [3.63, 3.8) is 0 Å². The molecule has 2 atom stereocenters. The maximum absolute atomic E-state index is 11.3. The van der Waals surface area contributed by atoms with E-state index in [1.807, 2.05) is 14.0 Å². The number of ether oxygens (including phenoxy) is 1. The number of likely N-dealkylation sites (N-methyl/N-ethyl adjacent to an activating group) is 1. The zero-order valence-corrected chi connectivity index (χ0v) is 10.5. The second kappa shape index (κ2) is 7.04. The topological polar surface area (TPSA) is 41.6 Å². The lowest BCUT2D eigenvalue weighted by atomic mass is 10.0. The normalized spacial score (nSPS) is 24.1. The van der Waals surface area contributed by atoms with Gasteiger partial charge in [0.25, 0.3) is 0 Å². The van der Waals surface area contributed by atoms with Gasteiger partial charge >= 0.3 is 5.97 Å². The van der Waals surface area contributed by atoms with E-state index in [4.69, 9.17) is 4.74 Å². The van der Waals surface area contributed by atoms with Crippen molar-refractivity contribution >= 4 is 18.4 Å². The maximum atomic E-state index is 11.3. The summed E-state index contributed by atoms with van der Waals surface area (Å²) in [6, 6.07) is 0.395. The summed E-state index contributed by atoms with van der Waals surface area (Å²) in [6.45, 7) is 3.84. The standard InChI is InChI=1S/C10H20N2O2.ClH/c1-8(10(13)14-3)12-6-4-5-9(7-12)11-2;/h8-9,11H,4-7H2,1-3H3;1H. The van der Waals surface area contributed by atoms with Crippen LogP contribution in [0.15, 0.2) is 0 Å². The van der Waals surface area contributed by atoms with Gasteiger partial charge in [0.05, 0.1) is 7.11 Å². The average molecular weight is 237 g/mol. The van der Waals surface area contributed by atoms with Crippen molar-refractivity contribution in [2.45, 2.75) is 31.8 Å². The smallest absolute Gasteiger partial charge is 0.322 e. The second-order valence-electron chi connectivity index (χ2n) is 3.82. The van der Waals surface area contributed by atoms with Gasteiger partial charge < -0.3 is 10.1 Å². The molecule has 1 rings (SSSR count). The maximum Gasteiger partial charge on any atom is 0.322 e. The van der Waals surface area contributed by atoms with Gasteiger partial charge in [-0.05, 0) is 33.4 Å². The molecule has 1 aliphatic heterocycles. The van der Waals surface area contributed by atoms with Gasteiger partial charge in [-0.3, -0.25) is 9.69 Å². The third kappa shape index (κ3) is 3.97. The molecule has 1 saturated heterocycles. The van der Waals surface area contributed by atoms with Crippen LogP contribution in [0.25, 0.3) is 0 Å². The first-order chi connectivity index (χ1) is 6.69. The fraction of sp³-hybridized carbons (Fsp3) is 0.900. The quantitative estimate of drug-likeness (QED) is 0.731. The average Bonchev–Trinajstić information content (AvgIpc) is 2.27. The van der Waals surface area contributed by atoms with Crippen molar-refractivity contribution in [1.82, 2.24) is 10.2 Å². The molecular formula is C10H21ClN2O2. The van der Waals surface area contributed by atoms with Crippen molar-refractivity contribution in [3.05, 3.63) is 0 Å². The third-order valence-corrected chi connectivity index (χ3v) is 2.95. The number of likely N-dealkylation sites (tertiary alicyclic amines) is 1. The molecule has 0 spiro atoms. The van der Waals surface area contributed by atoms with Crippen LogP contribution in [0.2, 0.25) is 0 Å². The first-order valence-electron chi connectivity index (χ1n) is 5.18. The fourth-order valence-corrected chi connectivity index (χ4v) is 1.91. The Kier molecular flexibility index (Phi) is 6.89. The summed E-state index contributed by atoms with van der Waals surface area (Å²) in [5.41, 5.74) is 0. The minimum Gasteiger partial charge on any atom is -0.468 e. The van der Waals surface area contributed by atoms with Gasteiger partial charge in [-0.25, -0.2) is 0 Å². The number of carbonyl (C=O) groups excluding carboxylic acids is 1. The summed E-state index contributed by atoms with van der Waals surface area (Å²) >= 11 is 0. The SMILES string of the molecule is CNC1CCCN(C(C)C(=O)OC)C1.Cl. The molecule has 4 nitrogen and oxygen atoms in total. The van der Waals surface area contributed by atoms with Crippen molar-refractivity contribution < 1.29 is 9.53 Å². The highest BCUT2D eigenvalue weighted by atomic mass is 35.5. The van der Waals surface area contributed by atoms with Crippen LogP contribution in [-0.2, 0) is 9.53 Å². The lowest BCUT2D eigenvalue weighted by Crippen LogP contribution is -2.50. The van der Waals surface area contributed by atoms with E-state index in [1.54, 1.807) is 0 Å². The molecule has 1 fully saturated rings. The lowest BCUT2D eigenvalue weighted by molar-refractivity contribution is -0.146. The molecule has 0 bridgehead atoms. The predicted molar refractivity (Wildman–Crippen MR) is 62.4 cm³/mol. The van der Waals surface area contributed by atoms with Gasteiger partial charge in [-0.1, -0.05) is 0 Å². The number of carbonyl (C=O) groups is 1. The van der Waals surface area contributed by atoms with Crippen LogP contribution in [0.3, 0.4) is 0 Å². The summed E-state index contributed by atoms with van der Waals surface area (Å²) in [7, 11) is 3.41. The summed E-state index contributed by atoms with van der Waals surface area (Å²) in [5, 5.41) is 3.25. The number of nitrogens with one attached hydrogen (secondary N) is 1. The Balaban J connectivity index is 0.00000196. The third-order valence-electron chi connectivity index (χ3n) is 2.95. The van der Waals surface area contributed by atoms with Crippen LogP contribution in [0.4, 0.5) is 0 Å². The first kappa shape index (κ1) is 14.7. The van der Waals surface area contributed by atoms with Crippen LogP contribution in [0.5, 0.6) is 0 Å². The molecule has 15 heavy (non-hydrogen) atoms. The van der Waals surface area contributed by atoms with E-state index in [-0.39, 0.29) is 24.4 Å². The highest BCUT2D eigenvalue weighted by Crippen LogP contribution is 2.13. The second-order valence-corrected chi connectivity index (χ2v) is 3.82. The van der Waals surface area contributed by atoms with E-state index in [0.717, 1.165) is 19.5 Å². The van der Waals surface area contributed by atoms with Crippen LogP contribution < -0.4 is 5.32 Å². The Morgan fingerprint density at radius 2 is 2.27 bits per heavy atom. The molecule has 1 N–H and O–H groups in total. The highest BCUT2D eigenvalue weighted by Gasteiger charge is 2.26. The summed E-state index contributed by atoms with van der Waals surface area (Å²) < 4.78 is 4.73. The molecule has 0 aliphatic carbocycles. The van der Waals surface area contributed by atoms with Crippen molar-refractivity contribution in [1.29, 1.82) is 0 Å². The van der Waals surface area contributed by atoms with Crippen molar-refractivity contribution in [3.8, 4) is 0 Å². The lowest BCUT2D eigenvalue weighted by Gasteiger charge is -2.35. The van der Waals surface area contributed by atoms with Crippen LogP contribution in [0, 0.1) is 0 Å². The Bertz CT molecular complexity index is 202. The minimum absolute atomic E-state index is 0. The molecule has 5 heteroatoms. The van der Waals surface area contributed by atoms with E-state index < -0.39 is 0 Å². The molecule has 0 aromatic heterocycles. The van der Waals surface area contributed by atoms with Gasteiger partial charge in [0.1, 0.15) is 6.04 Å². The minimum atomic E-state index is -0.137. The number of hydrogen-bond acceptors (Lipinski definition) is 4. The molecular weight excluding hydrogens is 216 g/mol. The van der Waals surface area contributed by atoms with E-state index in [1.165, 1.54) is 13.5 Å². The molecule has 0 amide bonds. The van der Waals surface area contributed by atoms with Gasteiger partial charge in [-0.15, -0.1) is 12.4 Å². The Morgan fingerprint density at radius 1 is 1.60 bits per heavy atom. The molecule has 0 aromatic carbocycles. The summed E-state index contributed by atoms with van der Waals surface area (Å²) in [6.07, 6.45) is 2.34.